The normalized spacial score (nSPS) is 23.1. The molecule has 28 heavy (non-hydrogen) atoms. The van der Waals surface area contributed by atoms with Gasteiger partial charge in [0.25, 0.3) is 0 Å². The summed E-state index contributed by atoms with van der Waals surface area (Å²) in [7, 11) is 0. The molecule has 0 aromatic carbocycles. The van der Waals surface area contributed by atoms with Crippen molar-refractivity contribution >= 4 is 17.5 Å². The second-order valence-corrected chi connectivity index (χ2v) is 8.19. The van der Waals surface area contributed by atoms with E-state index >= 15 is 0 Å². The van der Waals surface area contributed by atoms with Gasteiger partial charge in [-0.2, -0.15) is 5.26 Å². The molecule has 1 N–H and O–H groups in total. The van der Waals surface area contributed by atoms with Gasteiger partial charge in [0, 0.05) is 25.2 Å². The van der Waals surface area contributed by atoms with Crippen LogP contribution in [0.1, 0.15) is 39.5 Å². The van der Waals surface area contributed by atoms with Gasteiger partial charge in [-0.3, -0.25) is 4.79 Å². The Hall–Kier alpha value is -2.04. The van der Waals surface area contributed by atoms with Gasteiger partial charge in [0.15, 0.2) is 0 Å². The number of nitrogens with one attached hydrogen (secondary N) is 1. The Labute approximate surface area is 170 Å². The molecule has 0 unspecified atom stereocenters. The van der Waals surface area contributed by atoms with Crippen molar-refractivity contribution in [3.05, 3.63) is 17.3 Å². The minimum Gasteiger partial charge on any atom is -0.490 e. The highest BCUT2D eigenvalue weighted by Crippen LogP contribution is 2.45. The quantitative estimate of drug-likeness (QED) is 0.640. The van der Waals surface area contributed by atoms with Crippen molar-refractivity contribution in [2.45, 2.75) is 51.7 Å². The Morgan fingerprint density at radius 1 is 1.46 bits per heavy atom. The molecule has 1 aromatic heterocycles. The Kier molecular flexibility index (Phi) is 6.63. The van der Waals surface area contributed by atoms with Crippen molar-refractivity contribution in [2.24, 2.45) is 11.3 Å². The number of nitriles is 1. The van der Waals surface area contributed by atoms with Crippen LogP contribution in [-0.4, -0.2) is 42.9 Å². The molecule has 152 valence electrons. The first kappa shape index (κ1) is 20.7. The van der Waals surface area contributed by atoms with Gasteiger partial charge in [-0.15, -0.1) is 0 Å². The Balaban J connectivity index is 1.38. The first-order chi connectivity index (χ1) is 13.4. The van der Waals surface area contributed by atoms with Crippen molar-refractivity contribution in [1.82, 2.24) is 10.3 Å². The van der Waals surface area contributed by atoms with Gasteiger partial charge in [-0.25, -0.2) is 4.98 Å². The van der Waals surface area contributed by atoms with Crippen LogP contribution in [0.3, 0.4) is 0 Å². The van der Waals surface area contributed by atoms with E-state index in [0.29, 0.717) is 42.4 Å². The number of nitrogens with zero attached hydrogens (tertiary/aromatic N) is 2. The predicted molar refractivity (Wildman–Crippen MR) is 103 cm³/mol. The molecule has 3 rings (SSSR count). The van der Waals surface area contributed by atoms with Crippen LogP contribution in [0.5, 0.6) is 11.6 Å². The smallest absolute Gasteiger partial charge is 0.236 e. The Morgan fingerprint density at radius 2 is 2.21 bits per heavy atom. The zero-order valence-electron chi connectivity index (χ0n) is 16.2. The van der Waals surface area contributed by atoms with Gasteiger partial charge >= 0.3 is 0 Å². The summed E-state index contributed by atoms with van der Waals surface area (Å²) in [5.74, 6) is 1.18. The predicted octanol–water partition coefficient (Wildman–Crippen LogP) is 3.12. The van der Waals surface area contributed by atoms with Gasteiger partial charge in [-0.05, 0) is 38.5 Å². The molecule has 0 aliphatic heterocycles. The maximum Gasteiger partial charge on any atom is 0.236 e. The van der Waals surface area contributed by atoms with Gasteiger partial charge in [0.05, 0.1) is 30.8 Å². The maximum absolute atomic E-state index is 11.0. The number of carbonyl (C=O) groups excluding carboxylic acids is 1. The fourth-order valence-electron chi connectivity index (χ4n) is 3.09. The third-order valence-corrected chi connectivity index (χ3v) is 5.44. The lowest BCUT2D eigenvalue weighted by atomic mass is 9.83. The third kappa shape index (κ3) is 5.49. The average Bonchev–Trinajstić information content (AvgIpc) is 3.40. The summed E-state index contributed by atoms with van der Waals surface area (Å²) in [6.07, 6.45) is 5.34. The van der Waals surface area contributed by atoms with Gasteiger partial charge < -0.3 is 19.5 Å². The number of pyridine rings is 1. The lowest BCUT2D eigenvalue weighted by molar-refractivity contribution is -0.120. The summed E-state index contributed by atoms with van der Waals surface area (Å²) in [5, 5.41) is 12.3. The highest BCUT2D eigenvalue weighted by Gasteiger charge is 2.44. The number of ether oxygens (including phenoxy) is 3. The standard InChI is InChI=1S/C20H26ClN3O4/c1-13(24-14(2)25)9-26-16-7-15(8-16)10-27-19-18(21)17(3-6-23-19)28-12-20(11-22)4-5-20/h3,6,13,15-16H,4-5,7-10,12H2,1-2H3,(H,24,25)/t13-,15?,16?/m0/s1. The van der Waals surface area contributed by atoms with Crippen LogP contribution < -0.4 is 14.8 Å². The first-order valence-electron chi connectivity index (χ1n) is 9.61. The molecule has 0 spiro atoms. The highest BCUT2D eigenvalue weighted by molar-refractivity contribution is 6.33. The van der Waals surface area contributed by atoms with E-state index in [1.165, 1.54) is 6.92 Å². The van der Waals surface area contributed by atoms with E-state index in [0.717, 1.165) is 25.7 Å². The van der Waals surface area contributed by atoms with Crippen molar-refractivity contribution in [3.8, 4) is 17.7 Å². The van der Waals surface area contributed by atoms with E-state index in [-0.39, 0.29) is 23.5 Å². The van der Waals surface area contributed by atoms with Crippen molar-refractivity contribution in [2.75, 3.05) is 19.8 Å². The number of aromatic nitrogens is 1. The summed E-state index contributed by atoms with van der Waals surface area (Å²) in [4.78, 5) is 15.2. The van der Waals surface area contributed by atoms with Crippen molar-refractivity contribution in [1.29, 1.82) is 5.26 Å². The van der Waals surface area contributed by atoms with E-state index < -0.39 is 0 Å². The molecule has 2 aliphatic rings. The number of amides is 1. The summed E-state index contributed by atoms with van der Waals surface area (Å²) in [5.41, 5.74) is -0.355. The number of hydrogen-bond acceptors (Lipinski definition) is 6. The molecule has 0 bridgehead atoms. The molecule has 2 fully saturated rings. The molecular formula is C20H26ClN3O4. The van der Waals surface area contributed by atoms with Gasteiger partial charge in [0.2, 0.25) is 11.8 Å². The van der Waals surface area contributed by atoms with Crippen LogP contribution in [0, 0.1) is 22.7 Å². The van der Waals surface area contributed by atoms with Crippen molar-refractivity contribution < 1.29 is 19.0 Å². The zero-order valence-corrected chi connectivity index (χ0v) is 17.0. The number of halogens is 1. The number of carbonyl (C=O) groups is 1. The van der Waals surface area contributed by atoms with Crippen LogP contribution >= 0.6 is 11.6 Å². The van der Waals surface area contributed by atoms with Crippen LogP contribution in [0.25, 0.3) is 0 Å². The maximum atomic E-state index is 11.0. The highest BCUT2D eigenvalue weighted by atomic mass is 35.5. The van der Waals surface area contributed by atoms with Crippen LogP contribution in [0.2, 0.25) is 5.02 Å². The fraction of sp³-hybridized carbons (Fsp3) is 0.650. The summed E-state index contributed by atoms with van der Waals surface area (Å²) in [6, 6.07) is 3.99. The minimum absolute atomic E-state index is 0.00866. The minimum atomic E-state index is -0.355. The van der Waals surface area contributed by atoms with Crippen LogP contribution in [0.15, 0.2) is 12.3 Å². The lowest BCUT2D eigenvalue weighted by Gasteiger charge is -2.35. The number of hydrogen-bond donors (Lipinski definition) is 1. The first-order valence-corrected chi connectivity index (χ1v) is 9.98. The number of rotatable bonds is 10. The Morgan fingerprint density at radius 3 is 2.86 bits per heavy atom. The SMILES string of the molecule is CC(=O)N[C@@H](C)COC1CC(COc2nccc(OCC3(C#N)CC3)c2Cl)C1. The molecule has 0 radical (unpaired) electrons. The third-order valence-electron chi connectivity index (χ3n) is 5.10. The van der Waals surface area contributed by atoms with Gasteiger partial charge in [0.1, 0.15) is 17.4 Å². The van der Waals surface area contributed by atoms with Crippen molar-refractivity contribution in [3.63, 3.8) is 0 Å². The molecule has 1 heterocycles. The molecule has 2 saturated carbocycles. The second kappa shape index (κ2) is 8.97. The van der Waals surface area contributed by atoms with Crippen LogP contribution in [-0.2, 0) is 9.53 Å². The second-order valence-electron chi connectivity index (χ2n) is 7.81. The van der Waals surface area contributed by atoms with E-state index in [9.17, 15) is 4.79 Å². The molecule has 1 atom stereocenters. The van der Waals surface area contributed by atoms with E-state index in [4.69, 9.17) is 31.1 Å². The van der Waals surface area contributed by atoms with Gasteiger partial charge in [-0.1, -0.05) is 11.6 Å². The van der Waals surface area contributed by atoms with Crippen LogP contribution in [0.4, 0.5) is 0 Å². The molecule has 7 nitrogen and oxygen atoms in total. The average molecular weight is 408 g/mol. The van der Waals surface area contributed by atoms with E-state index in [2.05, 4.69) is 16.4 Å². The summed E-state index contributed by atoms with van der Waals surface area (Å²) < 4.78 is 17.3. The molecule has 0 saturated heterocycles. The van der Waals surface area contributed by atoms with E-state index in [1.54, 1.807) is 12.3 Å². The topological polar surface area (TPSA) is 93.5 Å². The lowest BCUT2D eigenvalue weighted by Crippen LogP contribution is -2.40. The van der Waals surface area contributed by atoms with E-state index in [1.807, 2.05) is 6.92 Å². The monoisotopic (exact) mass is 407 g/mol. The molecule has 2 aliphatic carbocycles. The summed E-state index contributed by atoms with van der Waals surface area (Å²) in [6.45, 7) is 4.78. The molecule has 1 aromatic rings. The fourth-order valence-corrected chi connectivity index (χ4v) is 3.31. The molecule has 1 amide bonds. The zero-order chi connectivity index (χ0) is 20.1. The summed E-state index contributed by atoms with van der Waals surface area (Å²) >= 11 is 6.35. The largest absolute Gasteiger partial charge is 0.490 e. The molecular weight excluding hydrogens is 382 g/mol. The molecule has 8 heteroatoms. The Bertz CT molecular complexity index is 741.